The van der Waals surface area contributed by atoms with Crippen molar-refractivity contribution < 1.29 is 18.7 Å². The number of amides is 3. The maximum atomic E-state index is 13.2. The Balaban J connectivity index is 1.80. The number of carbonyl (C=O) groups excluding carboxylic acids is 2. The Morgan fingerprint density at radius 2 is 1.87 bits per heavy atom. The van der Waals surface area contributed by atoms with E-state index in [1.165, 1.54) is 18.2 Å². The molecular formula is C17H13FN2O3. The highest BCUT2D eigenvalue weighted by atomic mass is 19.1. The van der Waals surface area contributed by atoms with Crippen molar-refractivity contribution in [2.45, 2.75) is 6.61 Å². The van der Waals surface area contributed by atoms with Crippen molar-refractivity contribution in [1.29, 1.82) is 0 Å². The summed E-state index contributed by atoms with van der Waals surface area (Å²) in [6, 6.07) is 12.6. The van der Waals surface area contributed by atoms with Crippen molar-refractivity contribution in [2.75, 3.05) is 0 Å². The molecular weight excluding hydrogens is 299 g/mol. The number of urea groups is 1. The second kappa shape index (κ2) is 6.31. The molecule has 6 heteroatoms. The van der Waals surface area contributed by atoms with E-state index in [0.29, 0.717) is 16.9 Å². The Morgan fingerprint density at radius 1 is 1.04 bits per heavy atom. The van der Waals surface area contributed by atoms with E-state index in [4.69, 9.17) is 4.74 Å². The summed E-state index contributed by atoms with van der Waals surface area (Å²) < 4.78 is 18.9. The van der Waals surface area contributed by atoms with Crippen LogP contribution in [0.4, 0.5) is 9.18 Å². The third-order valence-corrected chi connectivity index (χ3v) is 3.22. The zero-order valence-corrected chi connectivity index (χ0v) is 12.0. The van der Waals surface area contributed by atoms with Crippen molar-refractivity contribution in [3.63, 3.8) is 0 Å². The van der Waals surface area contributed by atoms with Gasteiger partial charge in [0.15, 0.2) is 0 Å². The summed E-state index contributed by atoms with van der Waals surface area (Å²) in [7, 11) is 0. The molecule has 2 aromatic rings. The molecule has 3 amide bonds. The van der Waals surface area contributed by atoms with Gasteiger partial charge in [0.2, 0.25) is 0 Å². The second-order valence-electron chi connectivity index (χ2n) is 4.92. The number of hydrogen-bond donors (Lipinski definition) is 2. The predicted molar refractivity (Wildman–Crippen MR) is 81.8 cm³/mol. The summed E-state index contributed by atoms with van der Waals surface area (Å²) in [6.45, 7) is 0.191. The van der Waals surface area contributed by atoms with Crippen molar-refractivity contribution in [1.82, 2.24) is 10.6 Å². The van der Waals surface area contributed by atoms with Gasteiger partial charge in [0.05, 0.1) is 0 Å². The average Bonchev–Trinajstić information content (AvgIpc) is 2.84. The van der Waals surface area contributed by atoms with Gasteiger partial charge in [-0.05, 0) is 29.8 Å². The van der Waals surface area contributed by atoms with Gasteiger partial charge in [-0.15, -0.1) is 0 Å². The van der Waals surface area contributed by atoms with E-state index in [9.17, 15) is 14.0 Å². The number of imide groups is 1. The molecule has 2 aromatic carbocycles. The predicted octanol–water partition coefficient (Wildman–Crippen LogP) is 2.59. The molecule has 0 bridgehead atoms. The van der Waals surface area contributed by atoms with Crippen LogP contribution in [0.5, 0.6) is 5.75 Å². The Bertz CT molecular complexity index is 802. The van der Waals surface area contributed by atoms with E-state index in [0.717, 1.165) is 0 Å². The van der Waals surface area contributed by atoms with Gasteiger partial charge in [0.25, 0.3) is 5.91 Å². The molecule has 0 atom stereocenters. The number of nitrogens with one attached hydrogen (secondary N) is 2. The Hall–Kier alpha value is -3.15. The zero-order chi connectivity index (χ0) is 16.2. The summed E-state index contributed by atoms with van der Waals surface area (Å²) in [6.07, 6.45) is 1.53. The van der Waals surface area contributed by atoms with Crippen LogP contribution >= 0.6 is 0 Å². The molecule has 1 aliphatic heterocycles. The van der Waals surface area contributed by atoms with Crippen molar-refractivity contribution in [2.24, 2.45) is 0 Å². The molecule has 2 N–H and O–H groups in total. The fourth-order valence-electron chi connectivity index (χ4n) is 2.16. The Morgan fingerprint density at radius 3 is 2.61 bits per heavy atom. The van der Waals surface area contributed by atoms with E-state index in [1.807, 2.05) is 0 Å². The average molecular weight is 312 g/mol. The number of ether oxygens (including phenoxy) is 1. The fourth-order valence-corrected chi connectivity index (χ4v) is 2.16. The minimum absolute atomic E-state index is 0.150. The van der Waals surface area contributed by atoms with Gasteiger partial charge in [0, 0.05) is 5.56 Å². The summed E-state index contributed by atoms with van der Waals surface area (Å²) in [5.74, 6) is -0.292. The van der Waals surface area contributed by atoms with Crippen LogP contribution in [0, 0.1) is 5.82 Å². The van der Waals surface area contributed by atoms with Crippen LogP contribution < -0.4 is 15.4 Å². The van der Waals surface area contributed by atoms with Gasteiger partial charge in [-0.2, -0.15) is 0 Å². The first-order valence-corrected chi connectivity index (χ1v) is 6.92. The van der Waals surface area contributed by atoms with E-state index in [1.54, 1.807) is 36.4 Å². The van der Waals surface area contributed by atoms with E-state index in [2.05, 4.69) is 10.6 Å². The molecule has 5 nitrogen and oxygen atoms in total. The standard InChI is InChI=1S/C17H13FN2O3/c18-13-6-3-4-11(8-13)10-23-15-7-2-1-5-12(15)9-14-16(21)20-17(22)19-14/h1-9H,10H2,(H2,19,20,21,22)/b14-9-. The molecule has 3 rings (SSSR count). The number of benzene rings is 2. The third-order valence-electron chi connectivity index (χ3n) is 3.22. The van der Waals surface area contributed by atoms with E-state index >= 15 is 0 Å². The lowest BCUT2D eigenvalue weighted by atomic mass is 10.1. The SMILES string of the molecule is O=C1NC(=O)/C(=C/c2ccccc2OCc2cccc(F)c2)N1. The van der Waals surface area contributed by atoms with Gasteiger partial charge >= 0.3 is 6.03 Å². The van der Waals surface area contributed by atoms with Gasteiger partial charge in [-0.25, -0.2) is 9.18 Å². The molecule has 0 aromatic heterocycles. The third kappa shape index (κ3) is 3.55. The highest BCUT2D eigenvalue weighted by Crippen LogP contribution is 2.22. The summed E-state index contributed by atoms with van der Waals surface area (Å²) in [4.78, 5) is 22.7. The Kier molecular flexibility index (Phi) is 4.05. The molecule has 116 valence electrons. The van der Waals surface area contributed by atoms with Crippen LogP contribution in [0.3, 0.4) is 0 Å². The van der Waals surface area contributed by atoms with Crippen LogP contribution in [0.25, 0.3) is 6.08 Å². The molecule has 1 fully saturated rings. The van der Waals surface area contributed by atoms with Gasteiger partial charge in [0.1, 0.15) is 23.9 Å². The van der Waals surface area contributed by atoms with Gasteiger partial charge < -0.3 is 10.1 Å². The summed E-state index contributed by atoms with van der Waals surface area (Å²) >= 11 is 0. The van der Waals surface area contributed by atoms with Crippen molar-refractivity contribution in [3.8, 4) is 5.75 Å². The molecule has 1 heterocycles. The van der Waals surface area contributed by atoms with Crippen LogP contribution in [0.1, 0.15) is 11.1 Å². The first-order valence-electron chi connectivity index (χ1n) is 6.92. The van der Waals surface area contributed by atoms with Gasteiger partial charge in [-0.3, -0.25) is 10.1 Å². The summed E-state index contributed by atoms with van der Waals surface area (Å²) in [5.41, 5.74) is 1.48. The number of para-hydroxylation sites is 1. The zero-order valence-electron chi connectivity index (χ0n) is 12.0. The number of hydrogen-bond acceptors (Lipinski definition) is 3. The molecule has 1 aliphatic rings. The first kappa shape index (κ1) is 14.8. The lowest BCUT2D eigenvalue weighted by Crippen LogP contribution is -2.22. The van der Waals surface area contributed by atoms with Crippen molar-refractivity contribution in [3.05, 3.63) is 71.2 Å². The maximum Gasteiger partial charge on any atom is 0.326 e. The largest absolute Gasteiger partial charge is 0.488 e. The Labute approximate surface area is 131 Å². The monoisotopic (exact) mass is 312 g/mol. The molecule has 0 saturated carbocycles. The van der Waals surface area contributed by atoms with Crippen LogP contribution in [-0.4, -0.2) is 11.9 Å². The quantitative estimate of drug-likeness (QED) is 0.673. The van der Waals surface area contributed by atoms with Crippen molar-refractivity contribution >= 4 is 18.0 Å². The molecule has 0 aliphatic carbocycles. The second-order valence-corrected chi connectivity index (χ2v) is 4.92. The number of halogens is 1. The van der Waals surface area contributed by atoms with Crippen LogP contribution in [-0.2, 0) is 11.4 Å². The number of rotatable bonds is 4. The molecule has 1 saturated heterocycles. The maximum absolute atomic E-state index is 13.2. The minimum atomic E-state index is -0.556. The van der Waals surface area contributed by atoms with E-state index < -0.39 is 11.9 Å². The minimum Gasteiger partial charge on any atom is -0.488 e. The molecule has 0 radical (unpaired) electrons. The number of carbonyl (C=O) groups is 2. The smallest absolute Gasteiger partial charge is 0.326 e. The normalized spacial score (nSPS) is 15.4. The lowest BCUT2D eigenvalue weighted by molar-refractivity contribution is -0.115. The molecule has 0 unspecified atom stereocenters. The highest BCUT2D eigenvalue weighted by molar-refractivity contribution is 6.14. The molecule has 23 heavy (non-hydrogen) atoms. The summed E-state index contributed by atoms with van der Waals surface area (Å²) in [5, 5.41) is 4.55. The highest BCUT2D eigenvalue weighted by Gasteiger charge is 2.23. The topological polar surface area (TPSA) is 67.4 Å². The fraction of sp³-hybridized carbons (Fsp3) is 0.0588. The lowest BCUT2D eigenvalue weighted by Gasteiger charge is -2.09. The van der Waals surface area contributed by atoms with Crippen LogP contribution in [0.2, 0.25) is 0 Å². The molecule has 0 spiro atoms. The van der Waals surface area contributed by atoms with Crippen LogP contribution in [0.15, 0.2) is 54.2 Å². The van der Waals surface area contributed by atoms with Gasteiger partial charge in [-0.1, -0.05) is 30.3 Å². The van der Waals surface area contributed by atoms with E-state index in [-0.39, 0.29) is 18.1 Å². The first-order chi connectivity index (χ1) is 11.1.